The number of nitrogens with two attached hydrogens (primary N) is 1. The van der Waals surface area contributed by atoms with E-state index in [1.54, 1.807) is 12.4 Å². The van der Waals surface area contributed by atoms with Gasteiger partial charge in [-0.15, -0.1) is 0 Å². The van der Waals surface area contributed by atoms with E-state index in [-0.39, 0.29) is 11.7 Å². The Morgan fingerprint density at radius 3 is 2.86 bits per heavy atom. The molecule has 0 radical (unpaired) electrons. The number of nitrogens with one attached hydrogen (secondary N) is 2. The van der Waals surface area contributed by atoms with Crippen LogP contribution in [-0.4, -0.2) is 74.9 Å². The molecule has 1 saturated heterocycles. The van der Waals surface area contributed by atoms with E-state index in [1.165, 1.54) is 0 Å². The lowest BCUT2D eigenvalue weighted by molar-refractivity contribution is 0.0948. The van der Waals surface area contributed by atoms with Crippen LogP contribution in [0.4, 0.5) is 5.82 Å². The van der Waals surface area contributed by atoms with E-state index in [2.05, 4.69) is 35.8 Å². The van der Waals surface area contributed by atoms with Crippen molar-refractivity contribution in [1.29, 1.82) is 0 Å². The number of carbonyl (C=O) groups is 1. The Morgan fingerprint density at radius 1 is 1.32 bits per heavy atom. The first-order chi connectivity index (χ1) is 13.7. The van der Waals surface area contributed by atoms with Gasteiger partial charge >= 0.3 is 0 Å². The van der Waals surface area contributed by atoms with Gasteiger partial charge in [0.25, 0.3) is 5.91 Å². The fourth-order valence-corrected chi connectivity index (χ4v) is 3.45. The minimum Gasteiger partial charge on any atom is -0.379 e. The van der Waals surface area contributed by atoms with Gasteiger partial charge in [0.05, 0.1) is 17.3 Å². The quantitative estimate of drug-likeness (QED) is 0.522. The highest BCUT2D eigenvalue weighted by atomic mass is 16.6. The number of imidazole rings is 1. The minimum absolute atomic E-state index is 0.153. The molecule has 4 N–H and O–H groups in total. The number of pyridine rings is 1. The molecule has 28 heavy (non-hydrogen) atoms. The Hall–Kier alpha value is -3.05. The van der Waals surface area contributed by atoms with Crippen LogP contribution in [0, 0.1) is 0 Å². The predicted molar refractivity (Wildman–Crippen MR) is 103 cm³/mol. The number of amides is 1. The molecule has 4 rings (SSSR count). The zero-order valence-electron chi connectivity index (χ0n) is 15.7. The zero-order valence-corrected chi connectivity index (χ0v) is 15.7. The summed E-state index contributed by atoms with van der Waals surface area (Å²) >= 11 is 0. The number of anilines is 1. The number of aryl methyl sites for hydroxylation is 1. The van der Waals surface area contributed by atoms with Gasteiger partial charge in [-0.1, -0.05) is 0 Å². The highest BCUT2D eigenvalue weighted by Gasteiger charge is 2.22. The lowest BCUT2D eigenvalue weighted by atomic mass is 10.2. The Balaban J connectivity index is 1.59. The molecule has 1 fully saturated rings. The summed E-state index contributed by atoms with van der Waals surface area (Å²) < 4.78 is 6.57. The Labute approximate surface area is 161 Å². The molecule has 0 bridgehead atoms. The third-order valence-corrected chi connectivity index (χ3v) is 4.86. The van der Waals surface area contributed by atoms with Gasteiger partial charge in [0.15, 0.2) is 17.3 Å². The van der Waals surface area contributed by atoms with Crippen LogP contribution < -0.4 is 16.4 Å². The van der Waals surface area contributed by atoms with Crippen molar-refractivity contribution in [3.05, 3.63) is 18.0 Å². The maximum absolute atomic E-state index is 12.8. The molecular weight excluding hydrogens is 362 g/mol. The van der Waals surface area contributed by atoms with Gasteiger partial charge in [0.2, 0.25) is 0 Å². The molecule has 0 aliphatic carbocycles. The number of piperazine rings is 1. The third-order valence-electron chi connectivity index (χ3n) is 4.86. The van der Waals surface area contributed by atoms with Gasteiger partial charge in [-0.3, -0.25) is 14.7 Å². The summed E-state index contributed by atoms with van der Waals surface area (Å²) in [5.74, 6) is 0.472. The van der Waals surface area contributed by atoms with Crippen LogP contribution in [0.15, 0.2) is 17.0 Å². The van der Waals surface area contributed by atoms with E-state index in [9.17, 15) is 4.79 Å². The number of rotatable bonds is 6. The minimum atomic E-state index is -0.180. The molecule has 11 nitrogen and oxygen atoms in total. The first-order valence-corrected chi connectivity index (χ1v) is 9.33. The summed E-state index contributed by atoms with van der Waals surface area (Å²) in [6.07, 6.45) is 3.18. The first-order valence-electron chi connectivity index (χ1n) is 9.33. The van der Waals surface area contributed by atoms with Crippen molar-refractivity contribution in [2.45, 2.75) is 13.5 Å². The third kappa shape index (κ3) is 3.41. The average Bonchev–Trinajstić information content (AvgIpc) is 3.31. The fraction of sp³-hybridized carbons (Fsp3) is 0.471. The van der Waals surface area contributed by atoms with Crippen LogP contribution in [0.2, 0.25) is 0 Å². The maximum Gasteiger partial charge on any atom is 0.255 e. The van der Waals surface area contributed by atoms with Gasteiger partial charge in [-0.05, 0) is 17.2 Å². The van der Waals surface area contributed by atoms with Crippen LogP contribution in [0.5, 0.6) is 0 Å². The number of hydrogen-bond acceptors (Lipinski definition) is 9. The summed E-state index contributed by atoms with van der Waals surface area (Å²) in [7, 11) is 0. The smallest absolute Gasteiger partial charge is 0.255 e. The van der Waals surface area contributed by atoms with E-state index < -0.39 is 0 Å². The highest BCUT2D eigenvalue weighted by molar-refractivity contribution is 6.05. The Kier molecular flexibility index (Phi) is 5.17. The molecule has 4 heterocycles. The molecule has 0 aromatic carbocycles. The monoisotopic (exact) mass is 385 g/mol. The van der Waals surface area contributed by atoms with Crippen LogP contribution in [0.25, 0.3) is 22.6 Å². The largest absolute Gasteiger partial charge is 0.379 e. The second-order valence-corrected chi connectivity index (χ2v) is 6.58. The van der Waals surface area contributed by atoms with Crippen molar-refractivity contribution in [2.24, 2.45) is 0 Å². The number of nitrogen functional groups attached to an aromatic ring is 1. The molecular formula is C17H23N9O2. The van der Waals surface area contributed by atoms with Gasteiger partial charge < -0.3 is 20.9 Å². The molecule has 11 heteroatoms. The zero-order chi connectivity index (χ0) is 19.5. The standard InChI is InChI=1S/C17H23N9O2/c1-2-26-14-11(17(27)21-5-8-25-6-3-19-4-7-25)9-20-10-12(14)22-16(26)13-15(18)24-28-23-13/h9-10,19H,2-8H2,1H3,(H2,18,24)(H,21,27). The molecule has 148 valence electrons. The molecule has 0 unspecified atom stereocenters. The maximum atomic E-state index is 12.8. The molecule has 3 aromatic rings. The van der Waals surface area contributed by atoms with Crippen molar-refractivity contribution >= 4 is 22.8 Å². The second-order valence-electron chi connectivity index (χ2n) is 6.58. The number of hydrogen-bond donors (Lipinski definition) is 3. The summed E-state index contributed by atoms with van der Waals surface area (Å²) in [6.45, 7) is 7.87. The van der Waals surface area contributed by atoms with E-state index in [0.717, 1.165) is 32.7 Å². The Bertz CT molecular complexity index is 974. The first kappa shape index (κ1) is 18.3. The number of aromatic nitrogens is 5. The SMILES string of the molecule is CCn1c(-c2nonc2N)nc2cncc(C(=O)NCCN3CCNCC3)c21. The lowest BCUT2D eigenvalue weighted by Crippen LogP contribution is -2.46. The lowest BCUT2D eigenvalue weighted by Gasteiger charge is -2.27. The van der Waals surface area contributed by atoms with Gasteiger partial charge in [-0.2, -0.15) is 0 Å². The molecule has 0 saturated carbocycles. The molecule has 1 aliphatic heterocycles. The summed E-state index contributed by atoms with van der Waals surface area (Å²) in [5.41, 5.74) is 7.93. The summed E-state index contributed by atoms with van der Waals surface area (Å²) in [5, 5.41) is 13.8. The molecule has 0 atom stereocenters. The Morgan fingerprint density at radius 2 is 2.14 bits per heavy atom. The van der Waals surface area contributed by atoms with Crippen LogP contribution >= 0.6 is 0 Å². The molecule has 1 aliphatic rings. The summed E-state index contributed by atoms with van der Waals surface area (Å²) in [6, 6.07) is 0. The van der Waals surface area contributed by atoms with Gasteiger partial charge in [0, 0.05) is 52.0 Å². The van der Waals surface area contributed by atoms with Gasteiger partial charge in [0.1, 0.15) is 5.52 Å². The highest BCUT2D eigenvalue weighted by Crippen LogP contribution is 2.27. The van der Waals surface area contributed by atoms with Crippen molar-refractivity contribution in [3.63, 3.8) is 0 Å². The summed E-state index contributed by atoms with van der Waals surface area (Å²) in [4.78, 5) is 23.9. The van der Waals surface area contributed by atoms with Crippen LogP contribution in [0.1, 0.15) is 17.3 Å². The fourth-order valence-electron chi connectivity index (χ4n) is 3.45. The van der Waals surface area contributed by atoms with E-state index in [0.29, 0.717) is 41.2 Å². The van der Waals surface area contributed by atoms with Crippen molar-refractivity contribution < 1.29 is 9.42 Å². The number of carbonyl (C=O) groups excluding carboxylic acids is 1. The molecule has 0 spiro atoms. The number of fused-ring (bicyclic) bond motifs is 1. The van der Waals surface area contributed by atoms with E-state index in [4.69, 9.17) is 10.4 Å². The van der Waals surface area contributed by atoms with E-state index >= 15 is 0 Å². The predicted octanol–water partition coefficient (Wildman–Crippen LogP) is -0.282. The second kappa shape index (κ2) is 7.90. The van der Waals surface area contributed by atoms with Crippen molar-refractivity contribution in [1.82, 2.24) is 40.4 Å². The van der Waals surface area contributed by atoms with Crippen molar-refractivity contribution in [2.75, 3.05) is 45.0 Å². The normalized spacial score (nSPS) is 15.2. The molecule has 3 aromatic heterocycles. The van der Waals surface area contributed by atoms with E-state index in [1.807, 2.05) is 11.5 Å². The average molecular weight is 385 g/mol. The van der Waals surface area contributed by atoms with Gasteiger partial charge in [-0.25, -0.2) is 9.61 Å². The molecule has 1 amide bonds. The van der Waals surface area contributed by atoms with Crippen LogP contribution in [-0.2, 0) is 6.54 Å². The number of nitrogens with zero attached hydrogens (tertiary/aromatic N) is 6. The topological polar surface area (TPSA) is 140 Å². The van der Waals surface area contributed by atoms with Crippen LogP contribution in [0.3, 0.4) is 0 Å². The van der Waals surface area contributed by atoms with Crippen molar-refractivity contribution in [3.8, 4) is 11.5 Å².